The van der Waals surface area contributed by atoms with Gasteiger partial charge in [0.15, 0.2) is 0 Å². The molecular weight excluding hydrogens is 490 g/mol. The number of nitrogens with one attached hydrogen (secondary N) is 1. The topological polar surface area (TPSA) is 44.8 Å². The summed E-state index contributed by atoms with van der Waals surface area (Å²) < 4.78 is 43.6. The monoisotopic (exact) mass is 519 g/mol. The number of alkyl halides is 3. The Bertz CT molecular complexity index is 919. The Morgan fingerprint density at radius 1 is 1.00 bits per heavy atom. The first kappa shape index (κ1) is 28.2. The molecule has 1 aliphatic heterocycles. The minimum absolute atomic E-state index is 0. The molecule has 1 N–H and O–H groups in total. The van der Waals surface area contributed by atoms with Crippen LogP contribution in [0.1, 0.15) is 29.0 Å². The Morgan fingerprint density at radius 3 is 2.21 bits per heavy atom. The summed E-state index contributed by atoms with van der Waals surface area (Å²) in [7, 11) is 2.07. The van der Waals surface area contributed by atoms with Crippen LogP contribution in [0, 0.1) is 0 Å². The minimum atomic E-state index is -4.33. The van der Waals surface area contributed by atoms with E-state index in [2.05, 4.69) is 17.3 Å². The lowest BCUT2D eigenvalue weighted by Crippen LogP contribution is -2.49. The van der Waals surface area contributed by atoms with Crippen LogP contribution in [-0.4, -0.2) is 61.5 Å². The molecule has 4 rings (SSSR count). The Morgan fingerprint density at radius 2 is 1.62 bits per heavy atom. The lowest BCUT2D eigenvalue weighted by molar-refractivity contribution is -0.137. The molecule has 2 aromatic rings. The van der Waals surface area contributed by atoms with Gasteiger partial charge < -0.3 is 19.9 Å². The average Bonchev–Trinajstić information content (AvgIpc) is 3.56. The van der Waals surface area contributed by atoms with Gasteiger partial charge in [0, 0.05) is 38.1 Å². The van der Waals surface area contributed by atoms with Crippen molar-refractivity contribution in [3.05, 3.63) is 65.2 Å². The number of benzene rings is 2. The number of halogens is 5. The summed E-state index contributed by atoms with van der Waals surface area (Å²) in [4.78, 5) is 16.5. The van der Waals surface area contributed by atoms with Crippen molar-refractivity contribution in [1.29, 1.82) is 0 Å². The normalized spacial score (nSPS) is 20.2. The molecule has 0 aromatic heterocycles. The van der Waals surface area contributed by atoms with Crippen molar-refractivity contribution in [2.45, 2.75) is 31.2 Å². The highest BCUT2D eigenvalue weighted by molar-refractivity contribution is 5.85. The lowest BCUT2D eigenvalue weighted by Gasteiger charge is -2.32. The molecule has 1 aliphatic carbocycles. The van der Waals surface area contributed by atoms with Gasteiger partial charge in [-0.2, -0.15) is 13.2 Å². The maximum atomic E-state index is 12.6. The van der Waals surface area contributed by atoms with E-state index in [0.717, 1.165) is 44.7 Å². The second-order valence-corrected chi connectivity index (χ2v) is 8.57. The first-order valence-electron chi connectivity index (χ1n) is 10.9. The lowest BCUT2D eigenvalue weighted by atomic mass is 10.1. The molecule has 10 heteroatoms. The maximum Gasteiger partial charge on any atom is 0.416 e. The van der Waals surface area contributed by atoms with Gasteiger partial charge in [-0.1, -0.05) is 24.3 Å². The van der Waals surface area contributed by atoms with Crippen LogP contribution in [0.15, 0.2) is 48.5 Å². The van der Waals surface area contributed by atoms with Crippen LogP contribution in [0.2, 0.25) is 0 Å². The zero-order valence-electron chi connectivity index (χ0n) is 18.9. The van der Waals surface area contributed by atoms with Crippen molar-refractivity contribution in [2.24, 2.45) is 0 Å². The van der Waals surface area contributed by atoms with Crippen LogP contribution in [0.3, 0.4) is 0 Å². The summed E-state index contributed by atoms with van der Waals surface area (Å²) >= 11 is 0. The first-order chi connectivity index (χ1) is 15.3. The van der Waals surface area contributed by atoms with E-state index in [1.165, 1.54) is 17.7 Å². The third kappa shape index (κ3) is 7.50. The van der Waals surface area contributed by atoms with Crippen LogP contribution in [0.25, 0.3) is 0 Å². The molecular formula is C24H30Cl2F3N3O2. The Hall–Kier alpha value is -2.00. The van der Waals surface area contributed by atoms with E-state index < -0.39 is 11.7 Å². The van der Waals surface area contributed by atoms with Crippen LogP contribution in [-0.2, 0) is 17.6 Å². The molecule has 0 bridgehead atoms. The summed E-state index contributed by atoms with van der Waals surface area (Å²) in [5.74, 6) is 1.22. The zero-order chi connectivity index (χ0) is 22.7. The molecule has 5 nitrogen and oxygen atoms in total. The molecule has 0 radical (unpaired) electrons. The molecule has 188 valence electrons. The molecule has 0 spiro atoms. The quantitative estimate of drug-likeness (QED) is 0.590. The van der Waals surface area contributed by atoms with Crippen LogP contribution in [0.5, 0.6) is 5.75 Å². The van der Waals surface area contributed by atoms with Gasteiger partial charge in [0.1, 0.15) is 12.4 Å². The molecule has 1 saturated heterocycles. The highest BCUT2D eigenvalue weighted by Crippen LogP contribution is 2.41. The van der Waals surface area contributed by atoms with Crippen LogP contribution < -0.4 is 10.1 Å². The van der Waals surface area contributed by atoms with Crippen molar-refractivity contribution in [1.82, 2.24) is 15.1 Å². The van der Waals surface area contributed by atoms with E-state index >= 15 is 0 Å². The number of amides is 1. The van der Waals surface area contributed by atoms with Crippen molar-refractivity contribution < 1.29 is 22.7 Å². The first-order valence-corrected chi connectivity index (χ1v) is 10.9. The van der Waals surface area contributed by atoms with E-state index in [9.17, 15) is 18.0 Å². The SMILES string of the molecule is CN1CCN(C(=O)CN[C@H]2CC2c2ccc(OCc3ccc(C(F)(F)F)cc3)cc2)CC1.Cl.Cl. The highest BCUT2D eigenvalue weighted by atomic mass is 35.5. The number of nitrogens with zero attached hydrogens (tertiary/aromatic N) is 2. The summed E-state index contributed by atoms with van der Waals surface area (Å²) in [6, 6.07) is 13.1. The van der Waals surface area contributed by atoms with E-state index in [0.29, 0.717) is 29.8 Å². The molecule has 2 aromatic carbocycles. The fourth-order valence-corrected chi connectivity index (χ4v) is 3.94. The predicted molar refractivity (Wildman–Crippen MR) is 130 cm³/mol. The third-order valence-corrected chi connectivity index (χ3v) is 6.16. The third-order valence-electron chi connectivity index (χ3n) is 6.16. The van der Waals surface area contributed by atoms with Gasteiger partial charge in [-0.05, 0) is 48.9 Å². The number of piperazine rings is 1. The summed E-state index contributed by atoms with van der Waals surface area (Å²) in [6.07, 6.45) is -3.33. The van der Waals surface area contributed by atoms with Gasteiger partial charge in [0.25, 0.3) is 0 Å². The molecule has 1 saturated carbocycles. The number of carbonyl (C=O) groups excluding carboxylic acids is 1. The van der Waals surface area contributed by atoms with Gasteiger partial charge in [0.2, 0.25) is 5.91 Å². The molecule has 1 heterocycles. The summed E-state index contributed by atoms with van der Waals surface area (Å²) in [5, 5.41) is 3.37. The molecule has 1 unspecified atom stereocenters. The molecule has 2 atom stereocenters. The predicted octanol–water partition coefficient (Wildman–Crippen LogP) is 4.35. The second-order valence-electron chi connectivity index (χ2n) is 8.57. The van der Waals surface area contributed by atoms with Crippen molar-refractivity contribution in [3.63, 3.8) is 0 Å². The number of likely N-dealkylation sites (N-methyl/N-ethyl adjacent to an activating group) is 1. The zero-order valence-corrected chi connectivity index (χ0v) is 20.5. The number of carbonyl (C=O) groups is 1. The maximum absolute atomic E-state index is 12.6. The Labute approximate surface area is 210 Å². The van der Waals surface area contributed by atoms with Gasteiger partial charge >= 0.3 is 6.18 Å². The van der Waals surface area contributed by atoms with Gasteiger partial charge in [-0.15, -0.1) is 24.8 Å². The van der Waals surface area contributed by atoms with Crippen molar-refractivity contribution >= 4 is 30.7 Å². The van der Waals surface area contributed by atoms with Gasteiger partial charge in [0.05, 0.1) is 12.1 Å². The van der Waals surface area contributed by atoms with E-state index in [-0.39, 0.29) is 37.3 Å². The van der Waals surface area contributed by atoms with E-state index in [1.807, 2.05) is 29.2 Å². The largest absolute Gasteiger partial charge is 0.489 e. The van der Waals surface area contributed by atoms with Crippen molar-refractivity contribution in [2.75, 3.05) is 39.8 Å². The fourth-order valence-electron chi connectivity index (χ4n) is 3.94. The van der Waals surface area contributed by atoms with E-state index in [4.69, 9.17) is 4.74 Å². The number of hydrogen-bond acceptors (Lipinski definition) is 4. The Kier molecular flexibility index (Phi) is 10.1. The fraction of sp³-hybridized carbons (Fsp3) is 0.458. The van der Waals surface area contributed by atoms with Gasteiger partial charge in [-0.25, -0.2) is 0 Å². The summed E-state index contributed by atoms with van der Waals surface area (Å²) in [5.41, 5.74) is 1.21. The smallest absolute Gasteiger partial charge is 0.416 e. The standard InChI is InChI=1S/C24H28F3N3O2.2ClH/c1-29-10-12-30(13-11-29)23(31)15-28-22-14-21(22)18-4-8-20(9-5-18)32-16-17-2-6-19(7-3-17)24(25,26)27;;/h2-9,21-22,28H,10-16H2,1H3;2*1H/t21?,22-;;/m0../s1. The van der Waals surface area contributed by atoms with E-state index in [1.54, 1.807) is 0 Å². The van der Waals surface area contributed by atoms with Crippen LogP contribution in [0.4, 0.5) is 13.2 Å². The number of rotatable bonds is 7. The van der Waals surface area contributed by atoms with Crippen molar-refractivity contribution in [3.8, 4) is 5.75 Å². The van der Waals surface area contributed by atoms with Crippen LogP contribution >= 0.6 is 24.8 Å². The highest BCUT2D eigenvalue weighted by Gasteiger charge is 2.38. The second kappa shape index (κ2) is 12.1. The minimum Gasteiger partial charge on any atom is -0.489 e. The molecule has 2 fully saturated rings. The Balaban J connectivity index is 0.00000204. The number of ether oxygens (including phenoxy) is 1. The molecule has 1 amide bonds. The molecule has 34 heavy (non-hydrogen) atoms. The number of hydrogen-bond donors (Lipinski definition) is 1. The van der Waals surface area contributed by atoms with Gasteiger partial charge in [-0.3, -0.25) is 4.79 Å². The summed E-state index contributed by atoms with van der Waals surface area (Å²) in [6.45, 7) is 4.01. The molecule has 2 aliphatic rings. The average molecular weight is 520 g/mol.